The van der Waals surface area contributed by atoms with Crippen molar-refractivity contribution in [3.05, 3.63) is 0 Å². The van der Waals surface area contributed by atoms with E-state index in [2.05, 4.69) is 20.8 Å². The summed E-state index contributed by atoms with van der Waals surface area (Å²) in [5.74, 6) is -1.90. The first-order valence-corrected chi connectivity index (χ1v) is 18.9. The van der Waals surface area contributed by atoms with Crippen molar-refractivity contribution < 1.29 is 19.8 Å². The Morgan fingerprint density at radius 3 is 0.810 bits per heavy atom. The second-order valence-corrected chi connectivity index (χ2v) is 13.5. The molecule has 0 aromatic heterocycles. The fraction of sp³-hybridized carbons (Fsp3) is 0.947. The Morgan fingerprint density at radius 1 is 0.357 bits per heavy atom. The summed E-state index contributed by atoms with van der Waals surface area (Å²) in [6.07, 6.45) is 38.9. The summed E-state index contributed by atoms with van der Waals surface area (Å²) in [5, 5.41) is 18.2. The van der Waals surface area contributed by atoms with Crippen molar-refractivity contribution in [2.45, 2.75) is 213 Å². The van der Waals surface area contributed by atoms with Crippen LogP contribution in [0.3, 0.4) is 0 Å². The van der Waals surface area contributed by atoms with Crippen LogP contribution >= 0.6 is 0 Å². The maximum Gasteiger partial charge on any atom is 0.317 e. The SMILES string of the molecule is CCCCCCCCCC(CCCCCCCC)C(CCCCCCCCC)CCCCCCCC(C(=O)O)C(=O)O. The van der Waals surface area contributed by atoms with Gasteiger partial charge in [-0.1, -0.05) is 207 Å². The fourth-order valence-corrected chi connectivity index (χ4v) is 6.78. The normalized spacial score (nSPS) is 13.0. The topological polar surface area (TPSA) is 74.6 Å². The van der Waals surface area contributed by atoms with Crippen molar-refractivity contribution in [2.24, 2.45) is 17.8 Å². The number of carboxylic acids is 2. The summed E-state index contributed by atoms with van der Waals surface area (Å²) in [5.41, 5.74) is 0. The summed E-state index contributed by atoms with van der Waals surface area (Å²) in [6.45, 7) is 6.89. The van der Waals surface area contributed by atoms with E-state index in [4.69, 9.17) is 10.2 Å². The molecule has 0 aromatic carbocycles. The lowest BCUT2D eigenvalue weighted by molar-refractivity contribution is -0.154. The zero-order valence-corrected chi connectivity index (χ0v) is 28.7. The molecule has 4 heteroatoms. The number of rotatable bonds is 34. The van der Waals surface area contributed by atoms with Crippen LogP contribution in [0.2, 0.25) is 0 Å². The van der Waals surface area contributed by atoms with Gasteiger partial charge >= 0.3 is 11.9 Å². The summed E-state index contributed by atoms with van der Waals surface area (Å²) >= 11 is 0. The van der Waals surface area contributed by atoms with Crippen molar-refractivity contribution in [2.75, 3.05) is 0 Å². The minimum atomic E-state index is -1.24. The molecule has 0 saturated heterocycles. The lowest BCUT2D eigenvalue weighted by Gasteiger charge is -2.28. The Hall–Kier alpha value is -1.06. The number of carboxylic acid groups (broad SMARTS) is 2. The molecule has 0 aliphatic carbocycles. The number of hydrogen-bond donors (Lipinski definition) is 2. The molecular weight excluding hydrogens is 520 g/mol. The van der Waals surface area contributed by atoms with Crippen LogP contribution in [0.5, 0.6) is 0 Å². The molecule has 250 valence electrons. The third-order valence-corrected chi connectivity index (χ3v) is 9.62. The molecule has 2 N–H and O–H groups in total. The van der Waals surface area contributed by atoms with Gasteiger partial charge in [-0.3, -0.25) is 9.59 Å². The first-order chi connectivity index (χ1) is 20.5. The zero-order valence-electron chi connectivity index (χ0n) is 28.7. The van der Waals surface area contributed by atoms with Crippen molar-refractivity contribution in [1.82, 2.24) is 0 Å². The van der Waals surface area contributed by atoms with E-state index in [1.54, 1.807) is 0 Å². The standard InChI is InChI=1S/C38H74O4/c1-4-7-10-13-16-20-25-30-34(29-24-19-15-12-9-6-3)35(31-26-21-17-14-11-8-5-2)32-27-22-18-23-28-33-36(37(39)40)38(41)42/h34-36H,4-33H2,1-3H3,(H,39,40)(H,41,42). The van der Waals surface area contributed by atoms with Crippen molar-refractivity contribution in [3.8, 4) is 0 Å². The third-order valence-electron chi connectivity index (χ3n) is 9.62. The number of unbranched alkanes of at least 4 members (excludes halogenated alkanes) is 21. The van der Waals surface area contributed by atoms with E-state index < -0.39 is 17.9 Å². The van der Waals surface area contributed by atoms with Gasteiger partial charge in [0.15, 0.2) is 5.92 Å². The number of carbonyl (C=O) groups is 2. The van der Waals surface area contributed by atoms with Crippen LogP contribution in [-0.2, 0) is 9.59 Å². The van der Waals surface area contributed by atoms with Crippen LogP contribution in [-0.4, -0.2) is 22.2 Å². The molecule has 0 radical (unpaired) electrons. The Kier molecular flexibility index (Phi) is 30.6. The highest BCUT2D eigenvalue weighted by Gasteiger charge is 2.25. The average Bonchev–Trinajstić information content (AvgIpc) is 2.96. The van der Waals surface area contributed by atoms with Crippen LogP contribution < -0.4 is 0 Å². The average molecular weight is 595 g/mol. The molecule has 0 aliphatic rings. The Balaban J connectivity index is 4.85. The molecule has 0 saturated carbocycles. The lowest BCUT2D eigenvalue weighted by atomic mass is 9.78. The predicted octanol–water partition coefficient (Wildman–Crippen LogP) is 12.8. The second-order valence-electron chi connectivity index (χ2n) is 13.5. The Labute approximate surface area is 262 Å². The summed E-state index contributed by atoms with van der Waals surface area (Å²) in [6, 6.07) is 0. The highest BCUT2D eigenvalue weighted by molar-refractivity contribution is 5.92. The molecule has 0 aliphatic heterocycles. The summed E-state index contributed by atoms with van der Waals surface area (Å²) < 4.78 is 0. The van der Waals surface area contributed by atoms with Gasteiger partial charge in [-0.15, -0.1) is 0 Å². The van der Waals surface area contributed by atoms with Gasteiger partial charge in [0, 0.05) is 0 Å². The Bertz CT molecular complexity index is 576. The van der Waals surface area contributed by atoms with Crippen LogP contribution in [0.25, 0.3) is 0 Å². The molecular formula is C38H74O4. The molecule has 42 heavy (non-hydrogen) atoms. The molecule has 0 bridgehead atoms. The molecule has 0 heterocycles. The zero-order chi connectivity index (χ0) is 31.1. The molecule has 0 aromatic rings. The third kappa shape index (κ3) is 25.4. The minimum Gasteiger partial charge on any atom is -0.481 e. The summed E-state index contributed by atoms with van der Waals surface area (Å²) in [7, 11) is 0. The van der Waals surface area contributed by atoms with Gasteiger partial charge in [0.25, 0.3) is 0 Å². The van der Waals surface area contributed by atoms with Gasteiger partial charge in [-0.05, 0) is 18.3 Å². The van der Waals surface area contributed by atoms with Gasteiger partial charge in [0.1, 0.15) is 0 Å². The molecule has 4 nitrogen and oxygen atoms in total. The van der Waals surface area contributed by atoms with Gasteiger partial charge in [-0.2, -0.15) is 0 Å². The Morgan fingerprint density at radius 2 is 0.571 bits per heavy atom. The maximum atomic E-state index is 11.1. The van der Waals surface area contributed by atoms with Crippen molar-refractivity contribution in [3.63, 3.8) is 0 Å². The largest absolute Gasteiger partial charge is 0.481 e. The maximum absolute atomic E-state index is 11.1. The van der Waals surface area contributed by atoms with Crippen LogP contribution in [0.15, 0.2) is 0 Å². The smallest absolute Gasteiger partial charge is 0.317 e. The number of aliphatic carboxylic acids is 2. The van der Waals surface area contributed by atoms with Crippen LogP contribution in [0.1, 0.15) is 213 Å². The quantitative estimate of drug-likeness (QED) is 0.0574. The highest BCUT2D eigenvalue weighted by Crippen LogP contribution is 2.34. The van der Waals surface area contributed by atoms with Crippen LogP contribution in [0.4, 0.5) is 0 Å². The first-order valence-electron chi connectivity index (χ1n) is 18.9. The molecule has 0 rings (SSSR count). The van der Waals surface area contributed by atoms with E-state index in [9.17, 15) is 9.59 Å². The van der Waals surface area contributed by atoms with Gasteiger partial charge in [0.05, 0.1) is 0 Å². The van der Waals surface area contributed by atoms with Crippen LogP contribution in [0, 0.1) is 17.8 Å². The van der Waals surface area contributed by atoms with Crippen molar-refractivity contribution in [1.29, 1.82) is 0 Å². The van der Waals surface area contributed by atoms with Crippen molar-refractivity contribution >= 4 is 11.9 Å². The van der Waals surface area contributed by atoms with Gasteiger partial charge < -0.3 is 10.2 Å². The van der Waals surface area contributed by atoms with E-state index >= 15 is 0 Å². The van der Waals surface area contributed by atoms with E-state index in [0.29, 0.717) is 6.42 Å². The first kappa shape index (κ1) is 40.9. The minimum absolute atomic E-state index is 0.254. The lowest BCUT2D eigenvalue weighted by Crippen LogP contribution is -2.23. The van der Waals surface area contributed by atoms with Gasteiger partial charge in [-0.25, -0.2) is 0 Å². The molecule has 0 spiro atoms. The van der Waals surface area contributed by atoms with Gasteiger partial charge in [0.2, 0.25) is 0 Å². The van der Waals surface area contributed by atoms with E-state index in [0.717, 1.165) is 24.7 Å². The molecule has 2 unspecified atom stereocenters. The fourth-order valence-electron chi connectivity index (χ4n) is 6.78. The molecule has 0 fully saturated rings. The second kappa shape index (κ2) is 31.4. The highest BCUT2D eigenvalue weighted by atomic mass is 16.4. The number of hydrogen-bond acceptors (Lipinski definition) is 2. The molecule has 2 atom stereocenters. The molecule has 0 amide bonds. The summed E-state index contributed by atoms with van der Waals surface area (Å²) in [4.78, 5) is 22.3. The van der Waals surface area contributed by atoms with E-state index in [1.165, 1.54) is 167 Å². The predicted molar refractivity (Wildman–Crippen MR) is 181 cm³/mol. The monoisotopic (exact) mass is 595 g/mol. The van der Waals surface area contributed by atoms with E-state index in [1.807, 2.05) is 0 Å². The van der Waals surface area contributed by atoms with E-state index in [-0.39, 0.29) is 6.42 Å².